The van der Waals surface area contributed by atoms with E-state index in [4.69, 9.17) is 4.52 Å². The van der Waals surface area contributed by atoms with E-state index in [1.54, 1.807) is 0 Å². The molecule has 0 amide bonds. The minimum absolute atomic E-state index is 0.791. The highest BCUT2D eigenvalue weighted by atomic mass is 32.2. The largest absolute Gasteiger partial charge is 0.339 e. The van der Waals surface area contributed by atoms with Gasteiger partial charge in [0.2, 0.25) is 5.89 Å². The van der Waals surface area contributed by atoms with Crippen LogP contribution >= 0.6 is 11.8 Å². The quantitative estimate of drug-likeness (QED) is 0.757. The summed E-state index contributed by atoms with van der Waals surface area (Å²) in [6.07, 6.45) is 4.58. The molecular weight excluding hydrogens is 234 g/mol. The standard InChI is InChI=1S/C12H21N3OS/c1-2-7-17-9-11-14-12(16-15-11)4-3-10-5-6-13-8-10/h10,13H,2-9H2,1H3. The Balaban J connectivity index is 1.69. The Bertz CT molecular complexity index is 323. The van der Waals surface area contributed by atoms with Gasteiger partial charge in [0.05, 0.1) is 5.75 Å². The summed E-state index contributed by atoms with van der Waals surface area (Å²) < 4.78 is 5.26. The molecule has 1 aromatic rings. The average Bonchev–Trinajstić information content (AvgIpc) is 2.98. The molecule has 4 nitrogen and oxygen atoms in total. The molecule has 1 fully saturated rings. The van der Waals surface area contributed by atoms with Crippen molar-refractivity contribution in [1.29, 1.82) is 0 Å². The first-order valence-electron chi connectivity index (χ1n) is 6.48. The van der Waals surface area contributed by atoms with E-state index in [0.29, 0.717) is 0 Å². The first kappa shape index (κ1) is 12.9. The zero-order valence-corrected chi connectivity index (χ0v) is 11.3. The first-order chi connectivity index (χ1) is 8.38. The molecule has 1 aromatic heterocycles. The lowest BCUT2D eigenvalue weighted by Gasteiger charge is -2.03. The monoisotopic (exact) mass is 255 g/mol. The van der Waals surface area contributed by atoms with Crippen molar-refractivity contribution in [3.8, 4) is 0 Å². The van der Waals surface area contributed by atoms with Crippen LogP contribution in [0, 0.1) is 5.92 Å². The summed E-state index contributed by atoms with van der Waals surface area (Å²) in [6.45, 7) is 4.49. The van der Waals surface area contributed by atoms with Gasteiger partial charge in [-0.2, -0.15) is 16.7 Å². The van der Waals surface area contributed by atoms with Crippen LogP contribution < -0.4 is 5.32 Å². The maximum Gasteiger partial charge on any atom is 0.226 e. The van der Waals surface area contributed by atoms with Gasteiger partial charge in [0.25, 0.3) is 0 Å². The van der Waals surface area contributed by atoms with Crippen LogP contribution in [0.15, 0.2) is 4.52 Å². The third-order valence-electron chi connectivity index (χ3n) is 3.02. The zero-order chi connectivity index (χ0) is 11.9. The van der Waals surface area contributed by atoms with E-state index in [1.807, 2.05) is 11.8 Å². The molecule has 2 heterocycles. The molecule has 1 aliphatic rings. The van der Waals surface area contributed by atoms with Crippen LogP contribution in [0.4, 0.5) is 0 Å². The minimum atomic E-state index is 0.791. The van der Waals surface area contributed by atoms with E-state index in [-0.39, 0.29) is 0 Å². The maximum absolute atomic E-state index is 5.26. The van der Waals surface area contributed by atoms with E-state index < -0.39 is 0 Å². The number of nitrogens with one attached hydrogen (secondary N) is 1. The fraction of sp³-hybridized carbons (Fsp3) is 0.833. The van der Waals surface area contributed by atoms with Gasteiger partial charge in [0, 0.05) is 6.42 Å². The lowest BCUT2D eigenvalue weighted by atomic mass is 10.0. The van der Waals surface area contributed by atoms with Gasteiger partial charge in [-0.15, -0.1) is 0 Å². The Morgan fingerprint density at radius 1 is 1.53 bits per heavy atom. The molecule has 0 bridgehead atoms. The van der Waals surface area contributed by atoms with Crippen molar-refractivity contribution < 1.29 is 4.52 Å². The number of hydrogen-bond acceptors (Lipinski definition) is 5. The molecule has 0 aromatic carbocycles. The van der Waals surface area contributed by atoms with Crippen LogP contribution in [-0.2, 0) is 12.2 Å². The van der Waals surface area contributed by atoms with Crippen molar-refractivity contribution in [2.45, 2.75) is 38.4 Å². The molecular formula is C12H21N3OS. The second kappa shape index (κ2) is 7.01. The van der Waals surface area contributed by atoms with Crippen LogP contribution in [0.3, 0.4) is 0 Å². The summed E-state index contributed by atoms with van der Waals surface area (Å²) in [7, 11) is 0. The zero-order valence-electron chi connectivity index (χ0n) is 10.4. The van der Waals surface area contributed by atoms with Gasteiger partial charge in [-0.1, -0.05) is 12.1 Å². The minimum Gasteiger partial charge on any atom is -0.339 e. The summed E-state index contributed by atoms with van der Waals surface area (Å²) in [6, 6.07) is 0. The number of aromatic nitrogens is 2. The highest BCUT2D eigenvalue weighted by Crippen LogP contribution is 2.16. The first-order valence-corrected chi connectivity index (χ1v) is 7.64. The molecule has 1 unspecified atom stereocenters. The van der Waals surface area contributed by atoms with Gasteiger partial charge >= 0.3 is 0 Å². The number of rotatable bonds is 7. The van der Waals surface area contributed by atoms with E-state index in [1.165, 1.54) is 12.8 Å². The number of hydrogen-bond donors (Lipinski definition) is 1. The molecule has 96 valence electrons. The van der Waals surface area contributed by atoms with Crippen LogP contribution in [0.2, 0.25) is 0 Å². The molecule has 1 saturated heterocycles. The second-order valence-corrected chi connectivity index (χ2v) is 5.66. The van der Waals surface area contributed by atoms with E-state index in [9.17, 15) is 0 Å². The predicted octanol–water partition coefficient (Wildman–Crippen LogP) is 2.25. The molecule has 0 aliphatic carbocycles. The summed E-state index contributed by atoms with van der Waals surface area (Å²) in [5.41, 5.74) is 0. The molecule has 17 heavy (non-hydrogen) atoms. The Labute approximate surface area is 107 Å². The molecule has 1 atom stereocenters. The average molecular weight is 255 g/mol. The van der Waals surface area contributed by atoms with Crippen molar-refractivity contribution in [2.24, 2.45) is 5.92 Å². The van der Waals surface area contributed by atoms with E-state index >= 15 is 0 Å². The number of thioether (sulfide) groups is 1. The van der Waals surface area contributed by atoms with Gasteiger partial charge < -0.3 is 9.84 Å². The van der Waals surface area contributed by atoms with E-state index in [2.05, 4.69) is 22.4 Å². The third-order valence-corrected chi connectivity index (χ3v) is 4.18. The van der Waals surface area contributed by atoms with Crippen LogP contribution in [0.25, 0.3) is 0 Å². The van der Waals surface area contributed by atoms with Crippen LogP contribution in [-0.4, -0.2) is 29.0 Å². The molecule has 0 saturated carbocycles. The second-order valence-electron chi connectivity index (χ2n) is 4.55. The van der Waals surface area contributed by atoms with Gasteiger partial charge in [-0.3, -0.25) is 0 Å². The molecule has 2 rings (SSSR count). The van der Waals surface area contributed by atoms with Crippen molar-refractivity contribution in [2.75, 3.05) is 18.8 Å². The third kappa shape index (κ3) is 4.32. The SMILES string of the molecule is CCCSCc1noc(CCC2CCNC2)n1. The fourth-order valence-electron chi connectivity index (χ4n) is 2.05. The van der Waals surface area contributed by atoms with Crippen molar-refractivity contribution >= 4 is 11.8 Å². The van der Waals surface area contributed by atoms with Crippen molar-refractivity contribution in [1.82, 2.24) is 15.5 Å². The molecule has 0 spiro atoms. The van der Waals surface area contributed by atoms with Crippen molar-refractivity contribution in [3.63, 3.8) is 0 Å². The van der Waals surface area contributed by atoms with Crippen LogP contribution in [0.5, 0.6) is 0 Å². The van der Waals surface area contributed by atoms with Gasteiger partial charge in [-0.25, -0.2) is 0 Å². The summed E-state index contributed by atoms with van der Waals surface area (Å²) in [4.78, 5) is 4.42. The van der Waals surface area contributed by atoms with Gasteiger partial charge in [-0.05, 0) is 44.0 Å². The van der Waals surface area contributed by atoms with Crippen LogP contribution in [0.1, 0.15) is 37.9 Å². The Morgan fingerprint density at radius 3 is 3.24 bits per heavy atom. The Hall–Kier alpha value is -0.550. The highest BCUT2D eigenvalue weighted by Gasteiger charge is 2.15. The normalized spacial score (nSPS) is 19.9. The topological polar surface area (TPSA) is 51.0 Å². The predicted molar refractivity (Wildman–Crippen MR) is 70.0 cm³/mol. The number of aryl methyl sites for hydroxylation is 1. The Morgan fingerprint density at radius 2 is 2.47 bits per heavy atom. The molecule has 5 heteroatoms. The lowest BCUT2D eigenvalue weighted by molar-refractivity contribution is 0.361. The summed E-state index contributed by atoms with van der Waals surface area (Å²) in [5.74, 6) is 4.49. The Kier molecular flexibility index (Phi) is 5.32. The molecule has 1 aliphatic heterocycles. The highest BCUT2D eigenvalue weighted by molar-refractivity contribution is 7.98. The molecule has 1 N–H and O–H groups in total. The number of nitrogens with zero attached hydrogens (tertiary/aromatic N) is 2. The maximum atomic E-state index is 5.26. The smallest absolute Gasteiger partial charge is 0.226 e. The van der Waals surface area contributed by atoms with E-state index in [0.717, 1.165) is 55.1 Å². The summed E-state index contributed by atoms with van der Waals surface area (Å²) in [5, 5.41) is 7.39. The summed E-state index contributed by atoms with van der Waals surface area (Å²) >= 11 is 1.87. The van der Waals surface area contributed by atoms with Crippen molar-refractivity contribution in [3.05, 3.63) is 11.7 Å². The van der Waals surface area contributed by atoms with Gasteiger partial charge in [0.15, 0.2) is 5.82 Å². The fourth-order valence-corrected chi connectivity index (χ4v) is 2.78. The van der Waals surface area contributed by atoms with Gasteiger partial charge in [0.1, 0.15) is 0 Å². The molecule has 0 radical (unpaired) electrons. The lowest BCUT2D eigenvalue weighted by Crippen LogP contribution is -2.09.